The van der Waals surface area contributed by atoms with Crippen LogP contribution in [0, 0.1) is 18.7 Å². The van der Waals surface area contributed by atoms with Gasteiger partial charge in [-0.2, -0.15) is 5.10 Å². The number of aromatic amines is 1. The van der Waals surface area contributed by atoms with E-state index in [9.17, 15) is 9.18 Å². The first kappa shape index (κ1) is 18.4. The molecule has 2 aromatic carbocycles. The van der Waals surface area contributed by atoms with Crippen LogP contribution in [-0.4, -0.2) is 27.5 Å². The number of carbonyl (C=O) groups is 1. The number of nitrogens with one attached hydrogen (secondary N) is 1. The first-order chi connectivity index (χ1) is 13.5. The zero-order chi connectivity index (χ0) is 19.8. The quantitative estimate of drug-likeness (QED) is 0.704. The monoisotopic (exact) mass is 377 g/mol. The number of carbonyl (C=O) groups excluding carboxylic acids is 1. The first-order valence-corrected chi connectivity index (χ1v) is 9.66. The number of aryl methyl sites for hydroxylation is 1. The number of rotatable bonds is 3. The van der Waals surface area contributed by atoms with E-state index in [1.165, 1.54) is 17.2 Å². The Morgan fingerprint density at radius 1 is 1.21 bits per heavy atom. The van der Waals surface area contributed by atoms with Gasteiger partial charge in [-0.25, -0.2) is 4.39 Å². The van der Waals surface area contributed by atoms with Crippen molar-refractivity contribution in [3.05, 3.63) is 76.7 Å². The average molecular weight is 377 g/mol. The Kier molecular flexibility index (Phi) is 4.75. The summed E-state index contributed by atoms with van der Waals surface area (Å²) in [4.78, 5) is 15.2. The number of hydrogen-bond donors (Lipinski definition) is 1. The Labute approximate surface area is 164 Å². The Hall–Kier alpha value is -2.95. The second-order valence-corrected chi connectivity index (χ2v) is 7.77. The van der Waals surface area contributed by atoms with Gasteiger partial charge >= 0.3 is 0 Å². The van der Waals surface area contributed by atoms with Crippen LogP contribution in [0.4, 0.5) is 4.39 Å². The molecule has 0 saturated heterocycles. The summed E-state index contributed by atoms with van der Waals surface area (Å²) >= 11 is 0. The van der Waals surface area contributed by atoms with E-state index in [4.69, 9.17) is 0 Å². The second kappa shape index (κ2) is 7.23. The molecular formula is C23H24FN3O. The lowest BCUT2D eigenvalue weighted by molar-refractivity contribution is 0.0597. The molecule has 1 amide bonds. The highest BCUT2D eigenvalue weighted by atomic mass is 19.1. The molecule has 0 radical (unpaired) electrons. The van der Waals surface area contributed by atoms with E-state index in [0.29, 0.717) is 29.4 Å². The number of nitrogens with zero attached hydrogens (tertiary/aromatic N) is 2. The van der Waals surface area contributed by atoms with Crippen LogP contribution in [0.1, 0.15) is 47.1 Å². The number of aromatic nitrogens is 2. The maximum absolute atomic E-state index is 13.5. The summed E-state index contributed by atoms with van der Waals surface area (Å²) in [5.41, 5.74) is 5.00. The highest BCUT2D eigenvalue weighted by Gasteiger charge is 2.33. The summed E-state index contributed by atoms with van der Waals surface area (Å²) in [7, 11) is 0. The van der Waals surface area contributed by atoms with Gasteiger partial charge in [0.1, 0.15) is 11.5 Å². The predicted octanol–water partition coefficient (Wildman–Crippen LogP) is 4.92. The van der Waals surface area contributed by atoms with Crippen molar-refractivity contribution in [2.75, 3.05) is 6.54 Å². The van der Waals surface area contributed by atoms with Crippen molar-refractivity contribution in [1.82, 2.24) is 15.1 Å². The second-order valence-electron chi connectivity index (χ2n) is 7.77. The van der Waals surface area contributed by atoms with Crippen LogP contribution in [0.3, 0.4) is 0 Å². The van der Waals surface area contributed by atoms with Crippen molar-refractivity contribution < 1.29 is 9.18 Å². The molecule has 4 nitrogen and oxygen atoms in total. The molecule has 4 rings (SSSR count). The predicted molar refractivity (Wildman–Crippen MR) is 107 cm³/mol. The van der Waals surface area contributed by atoms with Crippen LogP contribution in [0.2, 0.25) is 0 Å². The van der Waals surface area contributed by atoms with Crippen molar-refractivity contribution >= 4 is 5.91 Å². The van der Waals surface area contributed by atoms with Crippen LogP contribution in [0.5, 0.6) is 0 Å². The number of fused-ring (bicyclic) bond motifs is 1. The average Bonchev–Trinajstić information content (AvgIpc) is 3.18. The SMILES string of the molecule is Cc1cc(-c2cc(C(=O)N3CCc4ccccc4C3C(C)C)[nH]n2)ccc1F. The van der Waals surface area contributed by atoms with Gasteiger partial charge < -0.3 is 4.90 Å². The number of H-pyrrole nitrogens is 1. The molecule has 5 heteroatoms. The zero-order valence-corrected chi connectivity index (χ0v) is 16.4. The van der Waals surface area contributed by atoms with Crippen LogP contribution in [0.15, 0.2) is 48.5 Å². The topological polar surface area (TPSA) is 49.0 Å². The van der Waals surface area contributed by atoms with Gasteiger partial charge in [-0.3, -0.25) is 9.89 Å². The maximum Gasteiger partial charge on any atom is 0.272 e. The summed E-state index contributed by atoms with van der Waals surface area (Å²) in [6.07, 6.45) is 0.850. The molecule has 0 fully saturated rings. The van der Waals surface area contributed by atoms with Crippen LogP contribution in [0.25, 0.3) is 11.3 Å². The highest BCUT2D eigenvalue weighted by Crippen LogP contribution is 2.36. The van der Waals surface area contributed by atoms with Crippen molar-refractivity contribution in [1.29, 1.82) is 0 Å². The fourth-order valence-electron chi connectivity index (χ4n) is 4.08. The molecule has 1 unspecified atom stereocenters. The number of benzene rings is 2. The molecule has 2 heterocycles. The number of halogens is 1. The fourth-order valence-corrected chi connectivity index (χ4v) is 4.08. The smallest absolute Gasteiger partial charge is 0.272 e. The van der Waals surface area contributed by atoms with E-state index in [1.54, 1.807) is 25.1 Å². The highest BCUT2D eigenvalue weighted by molar-refractivity contribution is 5.94. The fraction of sp³-hybridized carbons (Fsp3) is 0.304. The van der Waals surface area contributed by atoms with Crippen LogP contribution >= 0.6 is 0 Å². The van der Waals surface area contributed by atoms with E-state index >= 15 is 0 Å². The Balaban J connectivity index is 1.64. The molecule has 28 heavy (non-hydrogen) atoms. The molecule has 0 saturated carbocycles. The minimum Gasteiger partial charge on any atom is -0.330 e. The van der Waals surface area contributed by atoms with Crippen molar-refractivity contribution in [3.8, 4) is 11.3 Å². The lowest BCUT2D eigenvalue weighted by Crippen LogP contribution is -2.42. The normalized spacial score (nSPS) is 16.3. The molecule has 144 valence electrons. The molecule has 1 aliphatic rings. The van der Waals surface area contributed by atoms with E-state index in [-0.39, 0.29) is 17.8 Å². The van der Waals surface area contributed by atoms with Gasteiger partial charge in [-0.15, -0.1) is 0 Å². The van der Waals surface area contributed by atoms with Crippen molar-refractivity contribution in [2.24, 2.45) is 5.92 Å². The molecule has 1 atom stereocenters. The Morgan fingerprint density at radius 3 is 2.75 bits per heavy atom. The third-order valence-corrected chi connectivity index (χ3v) is 5.49. The molecule has 1 aromatic heterocycles. The Morgan fingerprint density at radius 2 is 2.00 bits per heavy atom. The van der Waals surface area contributed by atoms with E-state index in [1.807, 2.05) is 11.0 Å². The third-order valence-electron chi connectivity index (χ3n) is 5.49. The zero-order valence-electron chi connectivity index (χ0n) is 16.4. The summed E-state index contributed by atoms with van der Waals surface area (Å²) in [6, 6.07) is 15.0. The van der Waals surface area contributed by atoms with E-state index in [0.717, 1.165) is 12.0 Å². The summed E-state index contributed by atoms with van der Waals surface area (Å²) in [5.74, 6) is 0.000620. The Bertz CT molecular complexity index is 1020. The molecular weight excluding hydrogens is 353 g/mol. The van der Waals surface area contributed by atoms with Gasteiger partial charge in [0, 0.05) is 12.1 Å². The molecule has 1 N–H and O–H groups in total. The first-order valence-electron chi connectivity index (χ1n) is 9.66. The van der Waals surface area contributed by atoms with E-state index in [2.05, 4.69) is 42.2 Å². The van der Waals surface area contributed by atoms with Gasteiger partial charge in [0.15, 0.2) is 0 Å². The minimum atomic E-state index is -0.248. The van der Waals surface area contributed by atoms with Crippen LogP contribution < -0.4 is 0 Å². The summed E-state index contributed by atoms with van der Waals surface area (Å²) in [6.45, 7) is 6.69. The lowest BCUT2D eigenvalue weighted by atomic mass is 9.86. The minimum absolute atomic E-state index is 0.0391. The molecule has 0 spiro atoms. The standard InChI is InChI=1S/C23H24FN3O/c1-14(2)22-18-7-5-4-6-16(18)10-11-27(22)23(28)21-13-20(25-26-21)17-8-9-19(24)15(3)12-17/h4-9,12-14,22H,10-11H2,1-3H3,(H,25,26). The van der Waals surface area contributed by atoms with Crippen LogP contribution in [-0.2, 0) is 6.42 Å². The van der Waals surface area contributed by atoms with E-state index < -0.39 is 0 Å². The van der Waals surface area contributed by atoms with Gasteiger partial charge in [-0.05, 0) is 60.2 Å². The molecule has 0 aliphatic carbocycles. The van der Waals surface area contributed by atoms with Gasteiger partial charge in [-0.1, -0.05) is 38.1 Å². The maximum atomic E-state index is 13.5. The van der Waals surface area contributed by atoms with Gasteiger partial charge in [0.25, 0.3) is 5.91 Å². The summed E-state index contributed by atoms with van der Waals surface area (Å²) < 4.78 is 13.5. The van der Waals surface area contributed by atoms with Crippen molar-refractivity contribution in [2.45, 2.75) is 33.2 Å². The molecule has 3 aromatic rings. The van der Waals surface area contributed by atoms with Crippen molar-refractivity contribution in [3.63, 3.8) is 0 Å². The number of amides is 1. The van der Waals surface area contributed by atoms with Gasteiger partial charge in [0.05, 0.1) is 11.7 Å². The largest absolute Gasteiger partial charge is 0.330 e. The van der Waals surface area contributed by atoms with Gasteiger partial charge in [0.2, 0.25) is 0 Å². The number of hydrogen-bond acceptors (Lipinski definition) is 2. The lowest BCUT2D eigenvalue weighted by Gasteiger charge is -2.39. The summed E-state index contributed by atoms with van der Waals surface area (Å²) in [5, 5.41) is 7.18. The third kappa shape index (κ3) is 3.21. The molecule has 0 bridgehead atoms. The molecule has 1 aliphatic heterocycles.